The number of benzene rings is 2. The molecule has 1 aromatic heterocycles. The molecule has 0 N–H and O–H groups in total. The summed E-state index contributed by atoms with van der Waals surface area (Å²) in [5.41, 5.74) is 1.78. The summed E-state index contributed by atoms with van der Waals surface area (Å²) >= 11 is 1.24. The molecular formula is C20H20N2O3S. The van der Waals surface area contributed by atoms with Crippen molar-refractivity contribution in [3.8, 4) is 5.75 Å². The molecule has 1 unspecified atom stereocenters. The van der Waals surface area contributed by atoms with Crippen LogP contribution in [0.5, 0.6) is 5.75 Å². The Kier molecular flexibility index (Phi) is 6.07. The van der Waals surface area contributed by atoms with Gasteiger partial charge in [0, 0.05) is 6.42 Å². The number of carbonyl (C=O) groups excluding carboxylic acids is 1. The van der Waals surface area contributed by atoms with Crippen molar-refractivity contribution in [1.29, 1.82) is 0 Å². The summed E-state index contributed by atoms with van der Waals surface area (Å²) in [6.07, 6.45) is 0.665. The van der Waals surface area contributed by atoms with Gasteiger partial charge in [0.15, 0.2) is 5.78 Å². The lowest BCUT2D eigenvalue weighted by Crippen LogP contribution is -2.04. The fourth-order valence-corrected chi connectivity index (χ4v) is 3.28. The zero-order valence-corrected chi connectivity index (χ0v) is 15.5. The molecule has 0 fully saturated rings. The number of hydrogen-bond acceptors (Lipinski definition) is 6. The third-order valence-corrected chi connectivity index (χ3v) is 4.85. The van der Waals surface area contributed by atoms with E-state index in [1.807, 2.05) is 30.3 Å². The maximum Gasteiger partial charge on any atom is 0.277 e. The van der Waals surface area contributed by atoms with E-state index in [0.29, 0.717) is 28.8 Å². The Morgan fingerprint density at radius 1 is 1.12 bits per heavy atom. The van der Waals surface area contributed by atoms with Crippen LogP contribution in [-0.2, 0) is 6.42 Å². The number of nitrogens with zero attached hydrogens (tertiary/aromatic N) is 2. The molecule has 0 aliphatic rings. The molecule has 0 spiro atoms. The van der Waals surface area contributed by atoms with Crippen LogP contribution in [0, 0.1) is 0 Å². The van der Waals surface area contributed by atoms with Crippen LogP contribution in [0.1, 0.15) is 34.7 Å². The molecule has 0 saturated heterocycles. The first-order valence-corrected chi connectivity index (χ1v) is 9.32. The molecule has 3 aromatic rings. The first-order valence-electron chi connectivity index (χ1n) is 8.33. The minimum Gasteiger partial charge on any atom is -0.496 e. The standard InChI is InChI=1S/C20H20N2O3S/c1-14(15-8-4-3-5-9-15)12-19-21-22-20(25-19)26-13-17(23)16-10-6-7-11-18(16)24-2/h3-11,14H,12-13H2,1-2H3. The van der Waals surface area contributed by atoms with E-state index in [2.05, 4.69) is 29.3 Å². The summed E-state index contributed by atoms with van der Waals surface area (Å²) in [4.78, 5) is 12.4. The van der Waals surface area contributed by atoms with Gasteiger partial charge in [-0.25, -0.2) is 0 Å². The lowest BCUT2D eigenvalue weighted by molar-refractivity contribution is 0.101. The molecule has 1 heterocycles. The number of ketones is 1. The smallest absolute Gasteiger partial charge is 0.277 e. The van der Waals surface area contributed by atoms with E-state index in [1.165, 1.54) is 17.3 Å². The lowest BCUT2D eigenvalue weighted by atomic mass is 9.98. The second-order valence-electron chi connectivity index (χ2n) is 5.89. The summed E-state index contributed by atoms with van der Waals surface area (Å²) < 4.78 is 10.9. The molecule has 26 heavy (non-hydrogen) atoms. The van der Waals surface area contributed by atoms with Crippen LogP contribution in [-0.4, -0.2) is 28.8 Å². The zero-order chi connectivity index (χ0) is 18.4. The van der Waals surface area contributed by atoms with Gasteiger partial charge in [-0.2, -0.15) is 0 Å². The van der Waals surface area contributed by atoms with Crippen molar-refractivity contribution >= 4 is 17.5 Å². The van der Waals surface area contributed by atoms with Gasteiger partial charge in [-0.3, -0.25) is 4.79 Å². The van der Waals surface area contributed by atoms with Gasteiger partial charge < -0.3 is 9.15 Å². The Hall–Kier alpha value is -2.60. The van der Waals surface area contributed by atoms with Crippen LogP contribution < -0.4 is 4.74 Å². The molecule has 0 bridgehead atoms. The number of thioether (sulfide) groups is 1. The van der Waals surface area contributed by atoms with Gasteiger partial charge in [-0.15, -0.1) is 10.2 Å². The van der Waals surface area contributed by atoms with Crippen molar-refractivity contribution in [2.45, 2.75) is 24.5 Å². The molecule has 5 nitrogen and oxygen atoms in total. The van der Waals surface area contributed by atoms with Crippen LogP contribution in [0.4, 0.5) is 0 Å². The number of hydrogen-bond donors (Lipinski definition) is 0. The normalized spacial score (nSPS) is 11.9. The van der Waals surface area contributed by atoms with E-state index in [4.69, 9.17) is 9.15 Å². The van der Waals surface area contributed by atoms with Crippen molar-refractivity contribution in [3.05, 3.63) is 71.6 Å². The summed E-state index contributed by atoms with van der Waals surface area (Å²) in [6, 6.07) is 17.4. The number of methoxy groups -OCH3 is 1. The maximum absolute atomic E-state index is 12.4. The highest BCUT2D eigenvalue weighted by molar-refractivity contribution is 7.99. The largest absolute Gasteiger partial charge is 0.496 e. The van der Waals surface area contributed by atoms with Crippen LogP contribution >= 0.6 is 11.8 Å². The van der Waals surface area contributed by atoms with Crippen molar-refractivity contribution in [2.24, 2.45) is 0 Å². The number of carbonyl (C=O) groups is 1. The molecule has 0 radical (unpaired) electrons. The fourth-order valence-electron chi connectivity index (χ4n) is 2.62. The summed E-state index contributed by atoms with van der Waals surface area (Å²) in [7, 11) is 1.55. The quantitative estimate of drug-likeness (QED) is 0.434. The SMILES string of the molecule is COc1ccccc1C(=O)CSc1nnc(CC(C)c2ccccc2)o1. The number of rotatable bonds is 8. The second kappa shape index (κ2) is 8.67. The Labute approximate surface area is 156 Å². The first-order chi connectivity index (χ1) is 12.7. The van der Waals surface area contributed by atoms with Crippen LogP contribution in [0.15, 0.2) is 64.2 Å². The van der Waals surface area contributed by atoms with Crippen molar-refractivity contribution in [1.82, 2.24) is 10.2 Å². The molecule has 3 rings (SSSR count). The Bertz CT molecular complexity index is 864. The molecule has 6 heteroatoms. The number of para-hydroxylation sites is 1. The van der Waals surface area contributed by atoms with Crippen LogP contribution in [0.25, 0.3) is 0 Å². The van der Waals surface area contributed by atoms with Gasteiger partial charge in [0.2, 0.25) is 5.89 Å². The monoisotopic (exact) mass is 368 g/mol. The van der Waals surface area contributed by atoms with Gasteiger partial charge in [0.05, 0.1) is 18.4 Å². The van der Waals surface area contributed by atoms with Gasteiger partial charge >= 0.3 is 0 Å². The average molecular weight is 368 g/mol. The highest BCUT2D eigenvalue weighted by Crippen LogP contribution is 2.24. The highest BCUT2D eigenvalue weighted by Gasteiger charge is 2.16. The molecule has 1 atom stereocenters. The van der Waals surface area contributed by atoms with Gasteiger partial charge in [-0.1, -0.05) is 61.2 Å². The predicted molar refractivity (Wildman–Crippen MR) is 101 cm³/mol. The molecule has 0 aliphatic carbocycles. The van der Waals surface area contributed by atoms with Crippen molar-refractivity contribution in [3.63, 3.8) is 0 Å². The Morgan fingerprint density at radius 3 is 2.62 bits per heavy atom. The fraction of sp³-hybridized carbons (Fsp3) is 0.250. The summed E-state index contributed by atoms with van der Waals surface area (Å²) in [6.45, 7) is 2.12. The molecule has 0 aliphatic heterocycles. The van der Waals surface area contributed by atoms with E-state index < -0.39 is 0 Å². The zero-order valence-electron chi connectivity index (χ0n) is 14.7. The summed E-state index contributed by atoms with van der Waals surface area (Å²) in [5.74, 6) is 1.61. The minimum atomic E-state index is -0.0372. The maximum atomic E-state index is 12.4. The minimum absolute atomic E-state index is 0.0372. The van der Waals surface area contributed by atoms with Crippen LogP contribution in [0.2, 0.25) is 0 Å². The van der Waals surface area contributed by atoms with Gasteiger partial charge in [0.25, 0.3) is 5.22 Å². The topological polar surface area (TPSA) is 65.2 Å². The van der Waals surface area contributed by atoms with E-state index in [0.717, 1.165) is 0 Å². The van der Waals surface area contributed by atoms with Crippen molar-refractivity contribution in [2.75, 3.05) is 12.9 Å². The van der Waals surface area contributed by atoms with E-state index >= 15 is 0 Å². The Morgan fingerprint density at radius 2 is 1.85 bits per heavy atom. The van der Waals surface area contributed by atoms with Gasteiger partial charge in [-0.05, 0) is 23.6 Å². The average Bonchev–Trinajstić information content (AvgIpc) is 3.14. The molecule has 2 aromatic carbocycles. The number of aromatic nitrogens is 2. The van der Waals surface area contributed by atoms with Crippen molar-refractivity contribution < 1.29 is 13.9 Å². The highest BCUT2D eigenvalue weighted by atomic mass is 32.2. The lowest BCUT2D eigenvalue weighted by Gasteiger charge is -2.08. The number of ether oxygens (including phenoxy) is 1. The second-order valence-corrected chi connectivity index (χ2v) is 6.82. The third kappa shape index (κ3) is 4.52. The first kappa shape index (κ1) is 18.2. The molecular weight excluding hydrogens is 348 g/mol. The number of Topliss-reactive ketones (excluding diaryl/α,β-unsaturated/α-hetero) is 1. The predicted octanol–water partition coefficient (Wildman–Crippen LogP) is 4.40. The van der Waals surface area contributed by atoms with Gasteiger partial charge in [0.1, 0.15) is 5.75 Å². The van der Waals surface area contributed by atoms with Crippen LogP contribution in [0.3, 0.4) is 0 Å². The van der Waals surface area contributed by atoms with E-state index in [9.17, 15) is 4.79 Å². The molecule has 0 saturated carbocycles. The molecule has 134 valence electrons. The summed E-state index contributed by atoms with van der Waals surface area (Å²) in [5, 5.41) is 8.53. The Balaban J connectivity index is 1.58. The van der Waals surface area contributed by atoms with E-state index in [1.54, 1.807) is 19.2 Å². The molecule has 0 amide bonds. The third-order valence-electron chi connectivity index (χ3n) is 4.03. The van der Waals surface area contributed by atoms with E-state index in [-0.39, 0.29) is 17.5 Å².